The van der Waals surface area contributed by atoms with Gasteiger partial charge in [0.05, 0.1) is 14.2 Å². The number of unbranched alkanes of at least 4 members (excludes halogenated alkanes) is 2. The number of methoxy groups -OCH3 is 2. The topological polar surface area (TPSA) is 38.7 Å². The number of aromatic hydroxyl groups is 1. The second kappa shape index (κ2) is 9.52. The van der Waals surface area contributed by atoms with Crippen LogP contribution < -0.4 is 9.47 Å². The van der Waals surface area contributed by atoms with E-state index >= 15 is 0 Å². The van der Waals surface area contributed by atoms with Crippen molar-refractivity contribution < 1.29 is 19.0 Å². The zero-order chi connectivity index (χ0) is 18.1. The second-order valence-electron chi connectivity index (χ2n) is 5.56. The van der Waals surface area contributed by atoms with Crippen LogP contribution in [0.15, 0.2) is 48.6 Å². The van der Waals surface area contributed by atoms with Gasteiger partial charge in [-0.1, -0.05) is 36.4 Å². The summed E-state index contributed by atoms with van der Waals surface area (Å²) >= 11 is 0. The number of benzene rings is 2. The largest absolute Gasteiger partial charge is 0.504 e. The molecule has 0 bridgehead atoms. The molecule has 0 radical (unpaired) electrons. The fourth-order valence-electron chi connectivity index (χ4n) is 2.38. The number of hydrogen-bond acceptors (Lipinski definition) is 3. The first-order valence-electron chi connectivity index (χ1n) is 8.17. The van der Waals surface area contributed by atoms with Gasteiger partial charge in [-0.15, -0.1) is 0 Å². The van der Waals surface area contributed by atoms with Gasteiger partial charge in [0.2, 0.25) is 0 Å². The minimum atomic E-state index is -0.352. The highest BCUT2D eigenvalue weighted by Crippen LogP contribution is 2.26. The summed E-state index contributed by atoms with van der Waals surface area (Å²) in [5.41, 5.74) is 1.86. The third-order valence-electron chi connectivity index (χ3n) is 3.74. The van der Waals surface area contributed by atoms with Gasteiger partial charge in [-0.25, -0.2) is 4.39 Å². The average Bonchev–Trinajstić information content (AvgIpc) is 2.62. The summed E-state index contributed by atoms with van der Waals surface area (Å²) in [5.74, 6) is 0.518. The maximum Gasteiger partial charge on any atom is 0.165 e. The van der Waals surface area contributed by atoms with E-state index in [1.54, 1.807) is 24.3 Å². The predicted molar refractivity (Wildman–Crippen MR) is 99.5 cm³/mol. The number of halogens is 1. The van der Waals surface area contributed by atoms with E-state index in [4.69, 9.17) is 9.47 Å². The quantitative estimate of drug-likeness (QED) is 0.649. The highest BCUT2D eigenvalue weighted by atomic mass is 19.1. The molecule has 0 spiro atoms. The van der Waals surface area contributed by atoms with Crippen molar-refractivity contribution in [3.05, 3.63) is 65.5 Å². The van der Waals surface area contributed by atoms with Crippen molar-refractivity contribution in [2.24, 2.45) is 0 Å². The van der Waals surface area contributed by atoms with Crippen molar-refractivity contribution in [1.29, 1.82) is 0 Å². The van der Waals surface area contributed by atoms with E-state index in [2.05, 4.69) is 12.2 Å². The van der Waals surface area contributed by atoms with E-state index < -0.39 is 0 Å². The summed E-state index contributed by atoms with van der Waals surface area (Å²) in [6.45, 7) is 0. The maximum atomic E-state index is 13.3. The summed E-state index contributed by atoms with van der Waals surface area (Å²) in [6, 6.07) is 10.1. The zero-order valence-electron chi connectivity index (χ0n) is 14.5. The lowest BCUT2D eigenvalue weighted by atomic mass is 10.1. The molecular weight excluding hydrogens is 319 g/mol. The van der Waals surface area contributed by atoms with E-state index in [9.17, 15) is 9.50 Å². The number of allylic oxidation sites excluding steroid dienone is 2. The molecule has 0 unspecified atom stereocenters. The van der Waals surface area contributed by atoms with Crippen LogP contribution in [0.1, 0.15) is 30.4 Å². The van der Waals surface area contributed by atoms with E-state index in [0.717, 1.165) is 30.4 Å². The summed E-state index contributed by atoms with van der Waals surface area (Å²) < 4.78 is 23.3. The van der Waals surface area contributed by atoms with Crippen molar-refractivity contribution in [3.63, 3.8) is 0 Å². The van der Waals surface area contributed by atoms with Crippen molar-refractivity contribution >= 4 is 12.2 Å². The lowest BCUT2D eigenvalue weighted by Gasteiger charge is -2.03. The lowest BCUT2D eigenvalue weighted by Crippen LogP contribution is -1.87. The Labute approximate surface area is 148 Å². The molecule has 0 aliphatic heterocycles. The van der Waals surface area contributed by atoms with E-state index in [1.807, 2.05) is 18.2 Å². The van der Waals surface area contributed by atoms with Crippen LogP contribution in [0.4, 0.5) is 4.39 Å². The Morgan fingerprint density at radius 1 is 0.880 bits per heavy atom. The molecule has 1 N–H and O–H groups in total. The summed E-state index contributed by atoms with van der Waals surface area (Å²) in [6.07, 6.45) is 11.0. The number of rotatable bonds is 8. The SMILES string of the molecule is COc1ccc(/C=C/CCC/C=C/c2ccc(F)c(OC)c2)cc1O. The Balaban J connectivity index is 1.76. The Bertz CT molecular complexity index is 751. The molecule has 2 aromatic carbocycles. The summed E-state index contributed by atoms with van der Waals surface area (Å²) in [7, 11) is 2.99. The van der Waals surface area contributed by atoms with Gasteiger partial charge in [0.1, 0.15) is 0 Å². The molecule has 0 fully saturated rings. The molecule has 4 heteroatoms. The minimum Gasteiger partial charge on any atom is -0.504 e. The first kappa shape index (κ1) is 18.6. The highest BCUT2D eigenvalue weighted by Gasteiger charge is 2.01. The van der Waals surface area contributed by atoms with Crippen LogP contribution in [0.25, 0.3) is 12.2 Å². The fourth-order valence-corrected chi connectivity index (χ4v) is 2.38. The molecule has 25 heavy (non-hydrogen) atoms. The normalized spacial score (nSPS) is 11.3. The van der Waals surface area contributed by atoms with Gasteiger partial charge in [-0.2, -0.15) is 0 Å². The van der Waals surface area contributed by atoms with Crippen LogP contribution in [0.5, 0.6) is 17.2 Å². The van der Waals surface area contributed by atoms with E-state index in [-0.39, 0.29) is 17.3 Å². The Hall–Kier alpha value is -2.75. The molecule has 0 aliphatic carbocycles. The molecule has 0 saturated carbocycles. The summed E-state index contributed by atoms with van der Waals surface area (Å²) in [5, 5.41) is 9.73. The van der Waals surface area contributed by atoms with Gasteiger partial charge in [0.15, 0.2) is 23.1 Å². The molecule has 2 rings (SSSR count). The molecule has 0 atom stereocenters. The molecule has 0 heterocycles. The van der Waals surface area contributed by atoms with Crippen molar-refractivity contribution in [2.75, 3.05) is 14.2 Å². The average molecular weight is 342 g/mol. The number of ether oxygens (including phenoxy) is 2. The molecule has 0 saturated heterocycles. The molecule has 3 nitrogen and oxygen atoms in total. The monoisotopic (exact) mass is 342 g/mol. The molecule has 0 aliphatic rings. The van der Waals surface area contributed by atoms with Crippen molar-refractivity contribution in [3.8, 4) is 17.2 Å². The van der Waals surface area contributed by atoms with E-state index in [0.29, 0.717) is 5.75 Å². The summed E-state index contributed by atoms with van der Waals surface area (Å²) in [4.78, 5) is 0. The minimum absolute atomic E-state index is 0.141. The molecule has 0 aromatic heterocycles. The Morgan fingerprint density at radius 2 is 1.48 bits per heavy atom. The number of phenolic OH excluding ortho intramolecular Hbond substituents is 1. The predicted octanol–water partition coefficient (Wildman–Crippen LogP) is 5.45. The van der Waals surface area contributed by atoms with Crippen LogP contribution in [-0.2, 0) is 0 Å². The van der Waals surface area contributed by atoms with Gasteiger partial charge in [0.25, 0.3) is 0 Å². The smallest absolute Gasteiger partial charge is 0.165 e. The standard InChI is InChI=1S/C21H23FO3/c1-24-20-13-11-16(14-19(20)23)8-6-4-3-5-7-9-17-10-12-18(22)21(15-17)25-2/h6-15,23H,3-5H2,1-2H3/b8-6+,9-7+. The third kappa shape index (κ3) is 5.68. The molecular formula is C21H23FO3. The van der Waals surface area contributed by atoms with E-state index in [1.165, 1.54) is 20.3 Å². The van der Waals surface area contributed by atoms with Gasteiger partial charge < -0.3 is 14.6 Å². The van der Waals surface area contributed by atoms with Gasteiger partial charge >= 0.3 is 0 Å². The van der Waals surface area contributed by atoms with Crippen LogP contribution in [-0.4, -0.2) is 19.3 Å². The van der Waals surface area contributed by atoms with Gasteiger partial charge in [0, 0.05) is 0 Å². The second-order valence-corrected chi connectivity index (χ2v) is 5.56. The van der Waals surface area contributed by atoms with Crippen LogP contribution in [0.3, 0.4) is 0 Å². The molecule has 2 aromatic rings. The highest BCUT2D eigenvalue weighted by molar-refractivity contribution is 5.55. The molecule has 132 valence electrons. The Kier molecular flexibility index (Phi) is 7.08. The van der Waals surface area contributed by atoms with Crippen molar-refractivity contribution in [1.82, 2.24) is 0 Å². The van der Waals surface area contributed by atoms with Crippen LogP contribution >= 0.6 is 0 Å². The van der Waals surface area contributed by atoms with Gasteiger partial charge in [-0.3, -0.25) is 0 Å². The lowest BCUT2D eigenvalue weighted by molar-refractivity contribution is 0.373. The van der Waals surface area contributed by atoms with Crippen LogP contribution in [0, 0.1) is 5.82 Å². The number of hydrogen-bond donors (Lipinski definition) is 1. The van der Waals surface area contributed by atoms with Crippen LogP contribution in [0.2, 0.25) is 0 Å². The zero-order valence-corrected chi connectivity index (χ0v) is 14.5. The van der Waals surface area contributed by atoms with Gasteiger partial charge in [-0.05, 0) is 54.7 Å². The number of phenols is 1. The maximum absolute atomic E-state index is 13.3. The first-order chi connectivity index (χ1) is 12.1. The Morgan fingerprint density at radius 3 is 2.08 bits per heavy atom. The first-order valence-corrected chi connectivity index (χ1v) is 8.17. The third-order valence-corrected chi connectivity index (χ3v) is 3.74. The van der Waals surface area contributed by atoms with Crippen molar-refractivity contribution in [2.45, 2.75) is 19.3 Å². The fraction of sp³-hybridized carbons (Fsp3) is 0.238. The molecule has 0 amide bonds.